The first kappa shape index (κ1) is 14.7. The van der Waals surface area contributed by atoms with Crippen molar-refractivity contribution < 1.29 is 13.2 Å². The van der Waals surface area contributed by atoms with E-state index in [1.807, 2.05) is 13.8 Å². The van der Waals surface area contributed by atoms with Crippen molar-refractivity contribution in [3.8, 4) is 0 Å². The molecule has 1 aromatic carbocycles. The van der Waals surface area contributed by atoms with Crippen LogP contribution in [0.2, 0.25) is 0 Å². The van der Waals surface area contributed by atoms with Crippen LogP contribution in [0, 0.1) is 6.92 Å². The van der Waals surface area contributed by atoms with Crippen LogP contribution >= 0.6 is 0 Å². The van der Waals surface area contributed by atoms with Crippen molar-refractivity contribution in [3.05, 3.63) is 29.8 Å². The Bertz CT molecular complexity index is 491. The zero-order chi connectivity index (χ0) is 13.6. The van der Waals surface area contributed by atoms with Crippen LogP contribution in [0.5, 0.6) is 0 Å². The van der Waals surface area contributed by atoms with Crippen molar-refractivity contribution in [2.75, 3.05) is 0 Å². The molecule has 0 saturated heterocycles. The van der Waals surface area contributed by atoms with Crippen LogP contribution in [0.3, 0.4) is 0 Å². The molecule has 0 aliphatic rings. The highest BCUT2D eigenvalue weighted by molar-refractivity contribution is 7.90. The number of carbonyl (C=O) groups excluding carboxylic acids is 1. The van der Waals surface area contributed by atoms with Crippen molar-refractivity contribution >= 4 is 15.9 Å². The number of carbonyl (C=O) groups is 1. The van der Waals surface area contributed by atoms with Gasteiger partial charge in [0.1, 0.15) is 0 Å². The SMILES string of the molecule is CCCCCC(=O)NS(=O)(=O)c1ccc(C)cc1. The first-order valence-electron chi connectivity index (χ1n) is 6.08. The van der Waals surface area contributed by atoms with Crippen molar-refractivity contribution in [2.45, 2.75) is 44.4 Å². The minimum Gasteiger partial charge on any atom is -0.274 e. The van der Waals surface area contributed by atoms with Gasteiger partial charge in [-0.15, -0.1) is 0 Å². The van der Waals surface area contributed by atoms with Gasteiger partial charge in [0.25, 0.3) is 10.0 Å². The summed E-state index contributed by atoms with van der Waals surface area (Å²) in [5.74, 6) is -0.441. The van der Waals surface area contributed by atoms with Crippen LogP contribution in [-0.4, -0.2) is 14.3 Å². The molecule has 1 amide bonds. The number of aryl methyl sites for hydroxylation is 1. The van der Waals surface area contributed by atoms with Gasteiger partial charge in [0.05, 0.1) is 4.90 Å². The van der Waals surface area contributed by atoms with E-state index < -0.39 is 15.9 Å². The van der Waals surface area contributed by atoms with Gasteiger partial charge < -0.3 is 0 Å². The Labute approximate surface area is 108 Å². The van der Waals surface area contributed by atoms with Gasteiger partial charge in [-0.05, 0) is 25.5 Å². The predicted molar refractivity (Wildman–Crippen MR) is 70.6 cm³/mol. The number of benzene rings is 1. The Morgan fingerprint density at radius 3 is 2.33 bits per heavy atom. The fraction of sp³-hybridized carbons (Fsp3) is 0.462. The molecule has 0 radical (unpaired) electrons. The largest absolute Gasteiger partial charge is 0.274 e. The highest BCUT2D eigenvalue weighted by Crippen LogP contribution is 2.10. The molecular formula is C13H19NO3S. The number of hydrogen-bond donors (Lipinski definition) is 1. The van der Waals surface area contributed by atoms with Gasteiger partial charge in [-0.2, -0.15) is 0 Å². The predicted octanol–water partition coefficient (Wildman–Crippen LogP) is 2.38. The number of sulfonamides is 1. The second-order valence-electron chi connectivity index (χ2n) is 4.30. The summed E-state index contributed by atoms with van der Waals surface area (Å²) in [6, 6.07) is 6.40. The molecule has 0 fully saturated rings. The highest BCUT2D eigenvalue weighted by Gasteiger charge is 2.16. The Balaban J connectivity index is 2.64. The van der Waals surface area contributed by atoms with Crippen LogP contribution < -0.4 is 4.72 Å². The molecule has 5 heteroatoms. The van der Waals surface area contributed by atoms with Gasteiger partial charge in [-0.3, -0.25) is 4.79 Å². The van der Waals surface area contributed by atoms with E-state index >= 15 is 0 Å². The summed E-state index contributed by atoms with van der Waals surface area (Å²) in [6.07, 6.45) is 2.89. The molecule has 4 nitrogen and oxygen atoms in total. The lowest BCUT2D eigenvalue weighted by atomic mass is 10.2. The minimum absolute atomic E-state index is 0.122. The van der Waals surface area contributed by atoms with Gasteiger partial charge in [0.2, 0.25) is 5.91 Å². The minimum atomic E-state index is -3.71. The number of hydrogen-bond acceptors (Lipinski definition) is 3. The molecule has 0 unspecified atom stereocenters. The van der Waals surface area contributed by atoms with Crippen molar-refractivity contribution in [1.82, 2.24) is 4.72 Å². The van der Waals surface area contributed by atoms with Crippen LogP contribution in [-0.2, 0) is 14.8 Å². The van der Waals surface area contributed by atoms with E-state index in [0.29, 0.717) is 6.42 Å². The molecule has 0 aliphatic heterocycles. The summed E-state index contributed by atoms with van der Waals surface area (Å²) >= 11 is 0. The van der Waals surface area contributed by atoms with Crippen LogP contribution in [0.25, 0.3) is 0 Å². The molecule has 0 atom stereocenters. The van der Waals surface area contributed by atoms with E-state index in [-0.39, 0.29) is 11.3 Å². The zero-order valence-corrected chi connectivity index (χ0v) is 11.6. The summed E-state index contributed by atoms with van der Waals surface area (Å²) in [6.45, 7) is 3.90. The summed E-state index contributed by atoms with van der Waals surface area (Å²) < 4.78 is 25.8. The lowest BCUT2D eigenvalue weighted by Gasteiger charge is -2.06. The van der Waals surface area contributed by atoms with Crippen LogP contribution in [0.1, 0.15) is 38.2 Å². The van der Waals surface area contributed by atoms with Crippen LogP contribution in [0.4, 0.5) is 0 Å². The smallest absolute Gasteiger partial charge is 0.264 e. The van der Waals surface area contributed by atoms with Gasteiger partial charge >= 0.3 is 0 Å². The third-order valence-corrected chi connectivity index (χ3v) is 3.98. The molecule has 18 heavy (non-hydrogen) atoms. The molecule has 0 spiro atoms. The standard InChI is InChI=1S/C13H19NO3S/c1-3-4-5-6-13(15)14-18(16,17)12-9-7-11(2)8-10-12/h7-10H,3-6H2,1-2H3,(H,14,15). The third kappa shape index (κ3) is 4.49. The Morgan fingerprint density at radius 1 is 1.17 bits per heavy atom. The highest BCUT2D eigenvalue weighted by atomic mass is 32.2. The lowest BCUT2D eigenvalue weighted by molar-refractivity contribution is -0.119. The molecule has 1 N–H and O–H groups in total. The Morgan fingerprint density at radius 2 is 1.78 bits per heavy atom. The van der Waals surface area contributed by atoms with Gasteiger partial charge in [0.15, 0.2) is 0 Å². The number of nitrogens with one attached hydrogen (secondary N) is 1. The van der Waals surface area contributed by atoms with E-state index in [1.165, 1.54) is 12.1 Å². The topological polar surface area (TPSA) is 63.2 Å². The monoisotopic (exact) mass is 269 g/mol. The molecule has 0 saturated carbocycles. The third-order valence-electron chi connectivity index (χ3n) is 2.59. The van der Waals surface area contributed by atoms with Crippen LogP contribution in [0.15, 0.2) is 29.2 Å². The molecule has 0 bridgehead atoms. The summed E-state index contributed by atoms with van der Waals surface area (Å²) in [4.78, 5) is 11.6. The second kappa shape index (κ2) is 6.54. The number of unbranched alkanes of at least 4 members (excludes halogenated alkanes) is 2. The summed E-state index contributed by atoms with van der Waals surface area (Å²) in [5, 5.41) is 0. The Kier molecular flexibility index (Phi) is 5.34. The molecule has 1 rings (SSSR count). The number of rotatable bonds is 6. The van der Waals surface area contributed by atoms with Crippen molar-refractivity contribution in [2.24, 2.45) is 0 Å². The molecule has 100 valence electrons. The lowest BCUT2D eigenvalue weighted by Crippen LogP contribution is -2.30. The molecule has 0 aromatic heterocycles. The molecule has 0 aliphatic carbocycles. The average molecular weight is 269 g/mol. The number of amides is 1. The maximum Gasteiger partial charge on any atom is 0.264 e. The maximum absolute atomic E-state index is 11.9. The molecule has 1 aromatic rings. The fourth-order valence-corrected chi connectivity index (χ4v) is 2.53. The maximum atomic E-state index is 11.9. The average Bonchev–Trinajstić information content (AvgIpc) is 2.29. The van der Waals surface area contributed by atoms with E-state index in [0.717, 1.165) is 18.4 Å². The fourth-order valence-electron chi connectivity index (χ4n) is 1.51. The van der Waals surface area contributed by atoms with E-state index in [1.54, 1.807) is 12.1 Å². The van der Waals surface area contributed by atoms with Crippen molar-refractivity contribution in [1.29, 1.82) is 0 Å². The summed E-state index contributed by atoms with van der Waals surface area (Å²) in [7, 11) is -3.71. The van der Waals surface area contributed by atoms with Gasteiger partial charge in [-0.25, -0.2) is 13.1 Å². The Hall–Kier alpha value is -1.36. The van der Waals surface area contributed by atoms with Gasteiger partial charge in [-0.1, -0.05) is 37.5 Å². The van der Waals surface area contributed by atoms with Gasteiger partial charge in [0, 0.05) is 6.42 Å². The molecular weight excluding hydrogens is 250 g/mol. The summed E-state index contributed by atoms with van der Waals surface area (Å²) in [5.41, 5.74) is 0.975. The van der Waals surface area contributed by atoms with Crippen molar-refractivity contribution in [3.63, 3.8) is 0 Å². The first-order chi connectivity index (χ1) is 8.45. The second-order valence-corrected chi connectivity index (χ2v) is 5.98. The molecule has 0 heterocycles. The normalized spacial score (nSPS) is 11.2. The quantitative estimate of drug-likeness (QED) is 0.806. The zero-order valence-electron chi connectivity index (χ0n) is 10.8. The van der Waals surface area contributed by atoms with E-state index in [4.69, 9.17) is 0 Å². The van der Waals surface area contributed by atoms with E-state index in [2.05, 4.69) is 4.72 Å². The van der Waals surface area contributed by atoms with E-state index in [9.17, 15) is 13.2 Å². The first-order valence-corrected chi connectivity index (χ1v) is 7.56.